The predicted octanol–water partition coefficient (Wildman–Crippen LogP) is 4.07. The summed E-state index contributed by atoms with van der Waals surface area (Å²) in [6.45, 7) is 1.69. The lowest BCUT2D eigenvalue weighted by Crippen LogP contribution is -2.36. The average Bonchev–Trinajstić information content (AvgIpc) is 3.12. The maximum Gasteiger partial charge on any atom is 0.293 e. The van der Waals surface area contributed by atoms with Gasteiger partial charge in [-0.1, -0.05) is 18.2 Å². The van der Waals surface area contributed by atoms with Crippen molar-refractivity contribution in [2.24, 2.45) is 5.92 Å². The fourth-order valence-electron chi connectivity index (χ4n) is 3.84. The molecule has 1 aliphatic heterocycles. The number of para-hydroxylation sites is 1. The molecular formula is C21H21N3O2. The first-order valence-corrected chi connectivity index (χ1v) is 9.27. The summed E-state index contributed by atoms with van der Waals surface area (Å²) >= 11 is 0. The molecular weight excluding hydrogens is 326 g/mol. The molecule has 26 heavy (non-hydrogen) atoms. The third-order valence-corrected chi connectivity index (χ3v) is 5.38. The van der Waals surface area contributed by atoms with Gasteiger partial charge in [0, 0.05) is 30.9 Å². The van der Waals surface area contributed by atoms with Gasteiger partial charge in [0.05, 0.1) is 12.0 Å². The molecule has 1 atom stereocenters. The van der Waals surface area contributed by atoms with E-state index in [-0.39, 0.29) is 11.8 Å². The molecule has 5 nitrogen and oxygen atoms in total. The van der Waals surface area contributed by atoms with Crippen LogP contribution in [0.4, 0.5) is 5.69 Å². The van der Waals surface area contributed by atoms with Crippen LogP contribution in [0.2, 0.25) is 0 Å². The fourth-order valence-corrected chi connectivity index (χ4v) is 3.84. The van der Waals surface area contributed by atoms with Crippen molar-refractivity contribution in [3.8, 4) is 0 Å². The minimum atomic E-state index is -0.0832. The smallest absolute Gasteiger partial charge is 0.293 e. The lowest BCUT2D eigenvalue weighted by Gasteiger charge is -2.33. The Hall–Kier alpha value is -2.82. The molecule has 0 N–H and O–H groups in total. The van der Waals surface area contributed by atoms with Crippen LogP contribution in [0.1, 0.15) is 47.0 Å². The lowest BCUT2D eigenvalue weighted by molar-refractivity contribution is 0.0958. The number of benzene rings is 1. The zero-order valence-electron chi connectivity index (χ0n) is 14.5. The number of anilines is 1. The van der Waals surface area contributed by atoms with Crippen molar-refractivity contribution in [1.29, 1.82) is 0 Å². The zero-order chi connectivity index (χ0) is 17.5. The topological polar surface area (TPSA) is 51.3 Å². The Morgan fingerprint density at radius 2 is 2.00 bits per heavy atom. The molecule has 132 valence electrons. The SMILES string of the molecule is O=C(c1ccco1)N1CCC(c2ccn(CC3CC3)n2)c2ccccc21. The maximum absolute atomic E-state index is 12.8. The molecule has 3 heterocycles. The average molecular weight is 347 g/mol. The van der Waals surface area contributed by atoms with E-state index in [4.69, 9.17) is 9.52 Å². The van der Waals surface area contributed by atoms with Gasteiger partial charge in [0.2, 0.25) is 0 Å². The number of carbonyl (C=O) groups excluding carboxylic acids is 1. The van der Waals surface area contributed by atoms with E-state index >= 15 is 0 Å². The first kappa shape index (κ1) is 15.4. The summed E-state index contributed by atoms with van der Waals surface area (Å²) in [4.78, 5) is 14.6. The van der Waals surface area contributed by atoms with E-state index in [1.807, 2.05) is 23.1 Å². The highest BCUT2D eigenvalue weighted by atomic mass is 16.3. The highest BCUT2D eigenvalue weighted by molar-refractivity contribution is 6.05. The van der Waals surface area contributed by atoms with Crippen LogP contribution >= 0.6 is 0 Å². The number of amides is 1. The number of nitrogens with zero attached hydrogens (tertiary/aromatic N) is 3. The van der Waals surface area contributed by atoms with Crippen molar-refractivity contribution >= 4 is 11.6 Å². The minimum Gasteiger partial charge on any atom is -0.459 e. The van der Waals surface area contributed by atoms with E-state index in [1.165, 1.54) is 12.8 Å². The van der Waals surface area contributed by atoms with Gasteiger partial charge in [-0.15, -0.1) is 0 Å². The van der Waals surface area contributed by atoms with Crippen molar-refractivity contribution in [3.05, 3.63) is 71.9 Å². The Morgan fingerprint density at radius 3 is 2.81 bits per heavy atom. The second kappa shape index (κ2) is 6.16. The van der Waals surface area contributed by atoms with Crippen LogP contribution in [0.25, 0.3) is 0 Å². The van der Waals surface area contributed by atoms with Crippen LogP contribution in [0.3, 0.4) is 0 Å². The first-order chi connectivity index (χ1) is 12.8. The van der Waals surface area contributed by atoms with Crippen molar-refractivity contribution < 1.29 is 9.21 Å². The number of carbonyl (C=O) groups is 1. The lowest BCUT2D eigenvalue weighted by atomic mass is 9.87. The quantitative estimate of drug-likeness (QED) is 0.715. The Kier molecular flexibility index (Phi) is 3.66. The third-order valence-electron chi connectivity index (χ3n) is 5.38. The molecule has 5 rings (SSSR count). The van der Waals surface area contributed by atoms with E-state index < -0.39 is 0 Å². The minimum absolute atomic E-state index is 0.0832. The van der Waals surface area contributed by atoms with Crippen molar-refractivity contribution in [2.45, 2.75) is 31.7 Å². The Morgan fingerprint density at radius 1 is 1.12 bits per heavy atom. The van der Waals surface area contributed by atoms with Gasteiger partial charge in [0.15, 0.2) is 5.76 Å². The molecule has 1 fully saturated rings. The van der Waals surface area contributed by atoms with Crippen molar-refractivity contribution in [3.63, 3.8) is 0 Å². The standard InChI is InChI=1S/C21H21N3O2/c25-21(20-6-3-13-26-20)24-12-9-16(17-4-1-2-5-19(17)24)18-10-11-23(22-18)14-15-7-8-15/h1-6,10-11,13,15-16H,7-9,12,14H2. The van der Waals surface area contributed by atoms with Crippen LogP contribution in [-0.4, -0.2) is 22.2 Å². The second-order valence-electron chi connectivity index (χ2n) is 7.24. The van der Waals surface area contributed by atoms with Gasteiger partial charge in [-0.05, 0) is 55.0 Å². The van der Waals surface area contributed by atoms with Gasteiger partial charge in [0.25, 0.3) is 5.91 Å². The first-order valence-electron chi connectivity index (χ1n) is 9.27. The summed E-state index contributed by atoms with van der Waals surface area (Å²) in [6.07, 6.45) is 7.15. The number of rotatable bonds is 4. The molecule has 2 aliphatic rings. The molecule has 1 amide bonds. The van der Waals surface area contributed by atoms with Crippen LogP contribution in [0.15, 0.2) is 59.3 Å². The van der Waals surface area contributed by atoms with Gasteiger partial charge in [-0.2, -0.15) is 5.10 Å². The van der Waals surface area contributed by atoms with Crippen LogP contribution in [0.5, 0.6) is 0 Å². The van der Waals surface area contributed by atoms with E-state index in [2.05, 4.69) is 23.0 Å². The molecule has 1 unspecified atom stereocenters. The zero-order valence-corrected chi connectivity index (χ0v) is 14.5. The summed E-state index contributed by atoms with van der Waals surface area (Å²) in [7, 11) is 0. The molecule has 1 aliphatic carbocycles. The number of hydrogen-bond acceptors (Lipinski definition) is 3. The Bertz CT molecular complexity index is 924. The molecule has 5 heteroatoms. The van der Waals surface area contributed by atoms with Gasteiger partial charge in [0.1, 0.15) is 0 Å². The van der Waals surface area contributed by atoms with Gasteiger partial charge >= 0.3 is 0 Å². The molecule has 0 saturated heterocycles. The number of aromatic nitrogens is 2. The van der Waals surface area contributed by atoms with Gasteiger partial charge in [-0.3, -0.25) is 9.48 Å². The van der Waals surface area contributed by atoms with Gasteiger partial charge < -0.3 is 9.32 Å². The van der Waals surface area contributed by atoms with Gasteiger partial charge in [-0.25, -0.2) is 0 Å². The largest absolute Gasteiger partial charge is 0.459 e. The third kappa shape index (κ3) is 2.73. The Labute approximate surface area is 152 Å². The van der Waals surface area contributed by atoms with E-state index in [1.54, 1.807) is 18.4 Å². The summed E-state index contributed by atoms with van der Waals surface area (Å²) in [5, 5.41) is 4.83. The van der Waals surface area contributed by atoms with Crippen LogP contribution in [0, 0.1) is 5.92 Å². The molecule has 1 saturated carbocycles. The molecule has 2 aromatic heterocycles. The summed E-state index contributed by atoms with van der Waals surface area (Å²) < 4.78 is 7.39. The molecule has 0 radical (unpaired) electrons. The van der Waals surface area contributed by atoms with Crippen LogP contribution < -0.4 is 4.90 Å². The highest BCUT2D eigenvalue weighted by Crippen LogP contribution is 2.39. The number of fused-ring (bicyclic) bond motifs is 1. The number of furan rings is 1. The predicted molar refractivity (Wildman–Crippen MR) is 98.2 cm³/mol. The van der Waals surface area contributed by atoms with Crippen molar-refractivity contribution in [2.75, 3.05) is 11.4 Å². The van der Waals surface area contributed by atoms with E-state index in [9.17, 15) is 4.79 Å². The molecule has 3 aromatic rings. The molecule has 1 aromatic carbocycles. The highest BCUT2D eigenvalue weighted by Gasteiger charge is 2.32. The fraction of sp³-hybridized carbons (Fsp3) is 0.333. The van der Waals surface area contributed by atoms with Crippen molar-refractivity contribution in [1.82, 2.24) is 9.78 Å². The monoisotopic (exact) mass is 347 g/mol. The second-order valence-corrected chi connectivity index (χ2v) is 7.24. The Balaban J connectivity index is 1.46. The summed E-state index contributed by atoms with van der Waals surface area (Å²) in [5.41, 5.74) is 3.22. The van der Waals surface area contributed by atoms with E-state index in [0.717, 1.165) is 35.8 Å². The summed E-state index contributed by atoms with van der Waals surface area (Å²) in [6, 6.07) is 13.7. The molecule has 0 spiro atoms. The normalized spacial score (nSPS) is 19.4. The maximum atomic E-state index is 12.8. The molecule has 0 bridgehead atoms. The van der Waals surface area contributed by atoms with Crippen LogP contribution in [-0.2, 0) is 6.54 Å². The van der Waals surface area contributed by atoms with E-state index in [0.29, 0.717) is 12.3 Å². The number of hydrogen-bond donors (Lipinski definition) is 0. The summed E-state index contributed by atoms with van der Waals surface area (Å²) in [5.74, 6) is 1.34.